The Morgan fingerprint density at radius 1 is 1.19 bits per heavy atom. The zero-order valence-electron chi connectivity index (χ0n) is 12.8. The smallest absolute Gasteiger partial charge is 0.158 e. The van der Waals surface area contributed by atoms with E-state index in [0.29, 0.717) is 12.4 Å². The van der Waals surface area contributed by atoms with Gasteiger partial charge in [-0.3, -0.25) is 0 Å². The molecular weight excluding hydrogens is 284 g/mol. The van der Waals surface area contributed by atoms with Crippen LogP contribution in [-0.4, -0.2) is 23.6 Å². The van der Waals surface area contributed by atoms with Gasteiger partial charge in [0.25, 0.3) is 0 Å². The van der Waals surface area contributed by atoms with Gasteiger partial charge in [-0.25, -0.2) is 9.97 Å². The molecule has 6 heteroatoms. The first kappa shape index (κ1) is 15.7. The summed E-state index contributed by atoms with van der Waals surface area (Å²) in [7, 11) is 1.65. The van der Waals surface area contributed by atoms with Crippen molar-refractivity contribution in [2.75, 3.05) is 24.3 Å². The predicted molar refractivity (Wildman–Crippen MR) is 87.9 cm³/mol. The van der Waals surface area contributed by atoms with Gasteiger partial charge in [0.2, 0.25) is 0 Å². The Morgan fingerprint density at radius 3 is 2.62 bits per heavy atom. The first-order valence-electron chi connectivity index (χ1n) is 7.16. The Morgan fingerprint density at radius 2 is 1.95 bits per heavy atom. The highest BCUT2D eigenvalue weighted by Crippen LogP contribution is 2.19. The van der Waals surface area contributed by atoms with Crippen LogP contribution in [-0.2, 0) is 24.3 Å². The SMILES string of the molecule is CCNc1cc(NCc2sccc2CC)nc(COC)n1. The summed E-state index contributed by atoms with van der Waals surface area (Å²) in [4.78, 5) is 10.2. The maximum atomic E-state index is 5.12. The summed E-state index contributed by atoms with van der Waals surface area (Å²) in [6, 6.07) is 4.12. The number of hydrogen-bond acceptors (Lipinski definition) is 6. The van der Waals surface area contributed by atoms with Crippen molar-refractivity contribution >= 4 is 23.0 Å². The second-order valence-electron chi connectivity index (χ2n) is 4.59. The summed E-state index contributed by atoms with van der Waals surface area (Å²) in [5, 5.41) is 8.74. The molecule has 2 N–H and O–H groups in total. The molecule has 0 bridgehead atoms. The molecule has 5 nitrogen and oxygen atoms in total. The molecule has 21 heavy (non-hydrogen) atoms. The standard InChI is InChI=1S/C15H22N4OS/c1-4-11-6-7-21-12(11)9-17-14-8-13(16-5-2)18-15(19-14)10-20-3/h6-8H,4-5,9-10H2,1-3H3,(H2,16,17,18,19). The lowest BCUT2D eigenvalue weighted by Gasteiger charge is -2.10. The normalized spacial score (nSPS) is 10.6. The van der Waals surface area contributed by atoms with Gasteiger partial charge in [0.05, 0.1) is 6.54 Å². The third-order valence-corrected chi connectivity index (χ3v) is 4.02. The highest BCUT2D eigenvalue weighted by atomic mass is 32.1. The fourth-order valence-electron chi connectivity index (χ4n) is 2.06. The lowest BCUT2D eigenvalue weighted by molar-refractivity contribution is 0.178. The summed E-state index contributed by atoms with van der Waals surface area (Å²) < 4.78 is 5.12. The van der Waals surface area contributed by atoms with Crippen LogP contribution in [0.1, 0.15) is 30.1 Å². The lowest BCUT2D eigenvalue weighted by Crippen LogP contribution is -2.08. The van der Waals surface area contributed by atoms with E-state index in [2.05, 4.69) is 39.0 Å². The van der Waals surface area contributed by atoms with E-state index in [1.165, 1.54) is 10.4 Å². The summed E-state index contributed by atoms with van der Waals surface area (Å²) in [5.41, 5.74) is 1.39. The number of rotatable bonds is 8. The van der Waals surface area contributed by atoms with Gasteiger partial charge < -0.3 is 15.4 Å². The van der Waals surface area contributed by atoms with E-state index in [4.69, 9.17) is 4.74 Å². The van der Waals surface area contributed by atoms with E-state index in [1.807, 2.05) is 13.0 Å². The quantitative estimate of drug-likeness (QED) is 0.783. The summed E-state index contributed by atoms with van der Waals surface area (Å²) >= 11 is 1.78. The van der Waals surface area contributed by atoms with Crippen molar-refractivity contribution in [2.45, 2.75) is 33.4 Å². The Hall–Kier alpha value is -1.66. The van der Waals surface area contributed by atoms with E-state index in [1.54, 1.807) is 18.4 Å². The van der Waals surface area contributed by atoms with Crippen LogP contribution in [0.25, 0.3) is 0 Å². The van der Waals surface area contributed by atoms with Crippen LogP contribution in [0.15, 0.2) is 17.5 Å². The van der Waals surface area contributed by atoms with Crippen molar-refractivity contribution in [2.24, 2.45) is 0 Å². The van der Waals surface area contributed by atoms with E-state index in [-0.39, 0.29) is 0 Å². The molecule has 0 radical (unpaired) electrons. The molecule has 0 amide bonds. The number of thiophene rings is 1. The maximum absolute atomic E-state index is 5.12. The average Bonchev–Trinajstić information content (AvgIpc) is 2.93. The molecule has 0 aromatic carbocycles. The molecule has 0 aliphatic heterocycles. The summed E-state index contributed by atoms with van der Waals surface area (Å²) in [6.07, 6.45) is 1.06. The third kappa shape index (κ3) is 4.41. The van der Waals surface area contributed by atoms with Crippen molar-refractivity contribution in [1.29, 1.82) is 0 Å². The van der Waals surface area contributed by atoms with E-state index in [9.17, 15) is 0 Å². The van der Waals surface area contributed by atoms with Crippen molar-refractivity contribution in [3.05, 3.63) is 33.8 Å². The summed E-state index contributed by atoms with van der Waals surface area (Å²) in [5.74, 6) is 2.33. The van der Waals surface area contributed by atoms with Gasteiger partial charge in [0.15, 0.2) is 5.82 Å². The lowest BCUT2D eigenvalue weighted by atomic mass is 10.2. The third-order valence-electron chi connectivity index (χ3n) is 3.05. The van der Waals surface area contributed by atoms with Gasteiger partial charge in [-0.05, 0) is 30.4 Å². The average molecular weight is 306 g/mol. The van der Waals surface area contributed by atoms with Crippen LogP contribution in [0.3, 0.4) is 0 Å². The molecule has 2 heterocycles. The first-order chi connectivity index (χ1) is 10.3. The number of hydrogen-bond donors (Lipinski definition) is 2. The highest BCUT2D eigenvalue weighted by molar-refractivity contribution is 7.10. The van der Waals surface area contributed by atoms with Gasteiger partial charge in [0, 0.05) is 24.6 Å². The number of nitrogens with zero attached hydrogens (tertiary/aromatic N) is 2. The van der Waals surface area contributed by atoms with Crippen molar-refractivity contribution in [1.82, 2.24) is 9.97 Å². The molecule has 0 atom stereocenters. The number of aryl methyl sites for hydroxylation is 1. The van der Waals surface area contributed by atoms with E-state index in [0.717, 1.165) is 31.1 Å². The van der Waals surface area contributed by atoms with Crippen LogP contribution in [0.4, 0.5) is 11.6 Å². The Kier molecular flexibility index (Phi) is 5.95. The Balaban J connectivity index is 2.10. The second kappa shape index (κ2) is 7.95. The van der Waals surface area contributed by atoms with Gasteiger partial charge in [0.1, 0.15) is 18.2 Å². The monoisotopic (exact) mass is 306 g/mol. The van der Waals surface area contributed by atoms with Crippen LogP contribution in [0, 0.1) is 0 Å². The van der Waals surface area contributed by atoms with E-state index >= 15 is 0 Å². The molecule has 0 aliphatic carbocycles. The molecule has 0 saturated heterocycles. The minimum Gasteiger partial charge on any atom is -0.377 e. The topological polar surface area (TPSA) is 59.1 Å². The minimum atomic E-state index is 0.410. The molecule has 114 valence electrons. The molecule has 0 unspecified atom stereocenters. The maximum Gasteiger partial charge on any atom is 0.158 e. The number of ether oxygens (including phenoxy) is 1. The fourth-order valence-corrected chi connectivity index (χ4v) is 2.98. The first-order valence-corrected chi connectivity index (χ1v) is 8.04. The number of aromatic nitrogens is 2. The Bertz CT molecular complexity index is 546. The van der Waals surface area contributed by atoms with Crippen LogP contribution < -0.4 is 10.6 Å². The number of anilines is 2. The van der Waals surface area contributed by atoms with Crippen molar-refractivity contribution in [3.8, 4) is 0 Å². The molecule has 2 aromatic rings. The Labute approximate surface area is 129 Å². The molecule has 0 spiro atoms. The zero-order valence-corrected chi connectivity index (χ0v) is 13.6. The molecule has 0 aliphatic rings. The van der Waals surface area contributed by atoms with Crippen molar-refractivity contribution < 1.29 is 4.74 Å². The highest BCUT2D eigenvalue weighted by Gasteiger charge is 2.06. The van der Waals surface area contributed by atoms with Crippen LogP contribution >= 0.6 is 11.3 Å². The zero-order chi connectivity index (χ0) is 15.1. The number of nitrogens with one attached hydrogen (secondary N) is 2. The molecule has 0 fully saturated rings. The largest absolute Gasteiger partial charge is 0.377 e. The summed E-state index contributed by atoms with van der Waals surface area (Å²) in [6.45, 7) is 6.25. The van der Waals surface area contributed by atoms with Crippen LogP contribution in [0.5, 0.6) is 0 Å². The molecule has 0 saturated carbocycles. The fraction of sp³-hybridized carbons (Fsp3) is 0.467. The van der Waals surface area contributed by atoms with Gasteiger partial charge in [-0.15, -0.1) is 11.3 Å². The number of methoxy groups -OCH3 is 1. The predicted octanol–water partition coefficient (Wildman–Crippen LogP) is 3.29. The minimum absolute atomic E-state index is 0.410. The van der Waals surface area contributed by atoms with Gasteiger partial charge in [-0.2, -0.15) is 0 Å². The van der Waals surface area contributed by atoms with Crippen LogP contribution in [0.2, 0.25) is 0 Å². The van der Waals surface area contributed by atoms with Crippen molar-refractivity contribution in [3.63, 3.8) is 0 Å². The second-order valence-corrected chi connectivity index (χ2v) is 5.59. The molecular formula is C15H22N4OS. The van der Waals surface area contributed by atoms with E-state index < -0.39 is 0 Å². The molecule has 2 aromatic heterocycles. The van der Waals surface area contributed by atoms with Gasteiger partial charge in [-0.1, -0.05) is 6.92 Å². The van der Waals surface area contributed by atoms with Gasteiger partial charge >= 0.3 is 0 Å². The molecule has 2 rings (SSSR count).